The summed E-state index contributed by atoms with van der Waals surface area (Å²) in [6.45, 7) is 2.26. The molecule has 0 bridgehead atoms. The second-order valence-electron chi connectivity index (χ2n) is 5.73. The van der Waals surface area contributed by atoms with E-state index in [0.717, 1.165) is 41.9 Å². The SMILES string of the molecule is CN=C(NCc1ccccc1OC)NCc1nnc2n1CCCC2. The number of benzene rings is 1. The first-order valence-electron chi connectivity index (χ1n) is 8.29. The molecule has 0 saturated heterocycles. The summed E-state index contributed by atoms with van der Waals surface area (Å²) in [4.78, 5) is 4.27. The first-order valence-corrected chi connectivity index (χ1v) is 8.29. The van der Waals surface area contributed by atoms with Crippen LogP contribution >= 0.6 is 0 Å². The molecule has 0 amide bonds. The minimum Gasteiger partial charge on any atom is -0.496 e. The third-order valence-electron chi connectivity index (χ3n) is 4.21. The standard InChI is InChI=1S/C17H24N6O/c1-18-17(19-11-13-7-3-4-8-14(13)24-2)20-12-16-22-21-15-9-5-6-10-23(15)16/h3-4,7-8H,5-6,9-12H2,1-2H3,(H2,18,19,20). The lowest BCUT2D eigenvalue weighted by Gasteiger charge is -2.16. The number of methoxy groups -OCH3 is 1. The lowest BCUT2D eigenvalue weighted by Crippen LogP contribution is -2.37. The summed E-state index contributed by atoms with van der Waals surface area (Å²) < 4.78 is 7.58. The number of hydrogen-bond donors (Lipinski definition) is 2. The van der Waals surface area contributed by atoms with Crippen molar-refractivity contribution in [2.24, 2.45) is 4.99 Å². The van der Waals surface area contributed by atoms with Gasteiger partial charge in [0.05, 0.1) is 13.7 Å². The van der Waals surface area contributed by atoms with Crippen molar-refractivity contribution in [3.63, 3.8) is 0 Å². The largest absolute Gasteiger partial charge is 0.496 e. The predicted octanol–water partition coefficient (Wildman–Crippen LogP) is 1.49. The van der Waals surface area contributed by atoms with Crippen LogP contribution in [0.5, 0.6) is 5.75 Å². The molecule has 1 aromatic carbocycles. The highest BCUT2D eigenvalue weighted by molar-refractivity contribution is 5.79. The Morgan fingerprint density at radius 2 is 2.04 bits per heavy atom. The van der Waals surface area contributed by atoms with Gasteiger partial charge in [-0.2, -0.15) is 0 Å². The highest BCUT2D eigenvalue weighted by Gasteiger charge is 2.15. The van der Waals surface area contributed by atoms with Crippen molar-refractivity contribution >= 4 is 5.96 Å². The van der Waals surface area contributed by atoms with Gasteiger partial charge in [-0.15, -0.1) is 10.2 Å². The average Bonchev–Trinajstić information content (AvgIpc) is 3.05. The van der Waals surface area contributed by atoms with Gasteiger partial charge in [-0.1, -0.05) is 18.2 Å². The summed E-state index contributed by atoms with van der Waals surface area (Å²) in [5.74, 6) is 3.65. The molecule has 2 heterocycles. The number of aryl methyl sites for hydroxylation is 1. The van der Waals surface area contributed by atoms with E-state index in [9.17, 15) is 0 Å². The highest BCUT2D eigenvalue weighted by atomic mass is 16.5. The molecule has 0 fully saturated rings. The number of nitrogens with zero attached hydrogens (tertiary/aromatic N) is 4. The minimum absolute atomic E-state index is 0.610. The van der Waals surface area contributed by atoms with Crippen LogP contribution in [0.1, 0.15) is 30.1 Å². The van der Waals surface area contributed by atoms with Gasteiger partial charge >= 0.3 is 0 Å². The van der Waals surface area contributed by atoms with Gasteiger partial charge in [0.25, 0.3) is 0 Å². The van der Waals surface area contributed by atoms with Crippen LogP contribution in [0.15, 0.2) is 29.3 Å². The lowest BCUT2D eigenvalue weighted by atomic mass is 10.2. The summed E-state index contributed by atoms with van der Waals surface area (Å²) in [5, 5.41) is 15.2. The number of nitrogens with one attached hydrogen (secondary N) is 2. The van der Waals surface area contributed by atoms with Crippen molar-refractivity contribution in [3.05, 3.63) is 41.5 Å². The average molecular weight is 328 g/mol. The molecule has 7 heteroatoms. The zero-order chi connectivity index (χ0) is 16.8. The summed E-state index contributed by atoms with van der Waals surface area (Å²) in [6.07, 6.45) is 3.42. The third-order valence-corrected chi connectivity index (χ3v) is 4.21. The number of fused-ring (bicyclic) bond motifs is 1. The molecule has 128 valence electrons. The van der Waals surface area contributed by atoms with Crippen LogP contribution in [0, 0.1) is 0 Å². The van der Waals surface area contributed by atoms with E-state index in [0.29, 0.717) is 13.1 Å². The molecule has 1 aliphatic rings. The van der Waals surface area contributed by atoms with Crippen LogP contribution in [0.4, 0.5) is 0 Å². The van der Waals surface area contributed by atoms with Crippen molar-refractivity contribution in [2.45, 2.75) is 38.9 Å². The molecule has 0 spiro atoms. The van der Waals surface area contributed by atoms with Crippen LogP contribution in [-0.2, 0) is 26.1 Å². The summed E-state index contributed by atoms with van der Waals surface area (Å²) in [6, 6.07) is 7.95. The van der Waals surface area contributed by atoms with Gasteiger partial charge in [0.15, 0.2) is 11.8 Å². The fraction of sp³-hybridized carbons (Fsp3) is 0.471. The normalized spacial score (nSPS) is 14.2. The fourth-order valence-corrected chi connectivity index (χ4v) is 2.91. The molecule has 1 aromatic heterocycles. The molecule has 0 radical (unpaired) electrons. The van der Waals surface area contributed by atoms with Crippen molar-refractivity contribution in [3.8, 4) is 5.75 Å². The van der Waals surface area contributed by atoms with Crippen LogP contribution < -0.4 is 15.4 Å². The number of rotatable bonds is 5. The van der Waals surface area contributed by atoms with Crippen LogP contribution in [-0.4, -0.2) is 34.9 Å². The Morgan fingerprint density at radius 3 is 2.88 bits per heavy atom. The molecular weight excluding hydrogens is 304 g/mol. The molecule has 0 aliphatic carbocycles. The monoisotopic (exact) mass is 328 g/mol. The molecule has 7 nitrogen and oxygen atoms in total. The third kappa shape index (κ3) is 3.67. The number of hydrogen-bond acceptors (Lipinski definition) is 4. The second kappa shape index (κ2) is 7.81. The topological polar surface area (TPSA) is 76.4 Å². The van der Waals surface area contributed by atoms with E-state index in [-0.39, 0.29) is 0 Å². The van der Waals surface area contributed by atoms with Crippen molar-refractivity contribution in [2.75, 3.05) is 14.2 Å². The molecule has 3 rings (SSSR count). The molecular formula is C17H24N6O. The molecule has 0 saturated carbocycles. The Bertz CT molecular complexity index is 709. The van der Waals surface area contributed by atoms with Gasteiger partial charge in [-0.3, -0.25) is 4.99 Å². The highest BCUT2D eigenvalue weighted by Crippen LogP contribution is 2.16. The number of para-hydroxylation sites is 1. The minimum atomic E-state index is 0.610. The molecule has 24 heavy (non-hydrogen) atoms. The quantitative estimate of drug-likeness (QED) is 0.642. The van der Waals surface area contributed by atoms with Crippen LogP contribution in [0.2, 0.25) is 0 Å². The van der Waals surface area contributed by atoms with Gasteiger partial charge in [0.2, 0.25) is 0 Å². The van der Waals surface area contributed by atoms with E-state index in [4.69, 9.17) is 4.74 Å². The predicted molar refractivity (Wildman–Crippen MR) is 93.0 cm³/mol. The Hall–Kier alpha value is -2.57. The first kappa shape index (κ1) is 16.3. The summed E-state index contributed by atoms with van der Waals surface area (Å²) >= 11 is 0. The second-order valence-corrected chi connectivity index (χ2v) is 5.73. The Labute approximate surface area is 142 Å². The van der Waals surface area contributed by atoms with Crippen molar-refractivity contribution < 1.29 is 4.74 Å². The van der Waals surface area contributed by atoms with Gasteiger partial charge in [-0.25, -0.2) is 0 Å². The Kier molecular flexibility index (Phi) is 5.30. The van der Waals surface area contributed by atoms with E-state index in [1.165, 1.54) is 12.8 Å². The van der Waals surface area contributed by atoms with Gasteiger partial charge in [-0.05, 0) is 18.9 Å². The summed E-state index contributed by atoms with van der Waals surface area (Å²) in [5.41, 5.74) is 1.09. The van der Waals surface area contributed by atoms with E-state index in [2.05, 4.69) is 30.4 Å². The lowest BCUT2D eigenvalue weighted by molar-refractivity contribution is 0.409. The van der Waals surface area contributed by atoms with E-state index in [1.54, 1.807) is 14.2 Å². The maximum atomic E-state index is 5.37. The number of guanidine groups is 1. The van der Waals surface area contributed by atoms with Gasteiger partial charge in [0.1, 0.15) is 11.6 Å². The van der Waals surface area contributed by atoms with Crippen LogP contribution in [0.3, 0.4) is 0 Å². The molecule has 2 N–H and O–H groups in total. The smallest absolute Gasteiger partial charge is 0.191 e. The molecule has 1 aliphatic heterocycles. The maximum Gasteiger partial charge on any atom is 0.191 e. The Morgan fingerprint density at radius 1 is 1.21 bits per heavy atom. The Balaban J connectivity index is 1.57. The molecule has 0 atom stereocenters. The van der Waals surface area contributed by atoms with E-state index in [1.807, 2.05) is 24.3 Å². The molecule has 2 aromatic rings. The van der Waals surface area contributed by atoms with Crippen LogP contribution in [0.25, 0.3) is 0 Å². The number of aliphatic imine (C=N–C) groups is 1. The van der Waals surface area contributed by atoms with E-state index < -0.39 is 0 Å². The first-order chi connectivity index (χ1) is 11.8. The van der Waals surface area contributed by atoms with Gasteiger partial charge < -0.3 is 19.9 Å². The number of aromatic nitrogens is 3. The van der Waals surface area contributed by atoms with Crippen molar-refractivity contribution in [1.29, 1.82) is 0 Å². The van der Waals surface area contributed by atoms with E-state index >= 15 is 0 Å². The van der Waals surface area contributed by atoms with Gasteiger partial charge in [0, 0.05) is 32.1 Å². The van der Waals surface area contributed by atoms with Crippen molar-refractivity contribution in [1.82, 2.24) is 25.4 Å². The zero-order valence-corrected chi connectivity index (χ0v) is 14.2. The number of ether oxygens (including phenoxy) is 1. The fourth-order valence-electron chi connectivity index (χ4n) is 2.91. The summed E-state index contributed by atoms with van der Waals surface area (Å²) in [7, 11) is 3.44. The molecule has 0 unspecified atom stereocenters. The zero-order valence-electron chi connectivity index (χ0n) is 14.2. The maximum absolute atomic E-state index is 5.37.